The first-order valence-corrected chi connectivity index (χ1v) is 6.48. The van der Waals surface area contributed by atoms with Crippen molar-refractivity contribution in [1.29, 1.82) is 0 Å². The number of rotatable bonds is 3. The van der Waals surface area contributed by atoms with E-state index in [0.29, 0.717) is 0 Å². The van der Waals surface area contributed by atoms with Crippen LogP contribution in [-0.4, -0.2) is 0 Å². The molecule has 0 spiro atoms. The van der Waals surface area contributed by atoms with Crippen molar-refractivity contribution in [2.75, 3.05) is 0 Å². The molecule has 0 saturated heterocycles. The molecule has 0 saturated carbocycles. The van der Waals surface area contributed by atoms with E-state index in [-0.39, 0.29) is 0 Å². The highest BCUT2D eigenvalue weighted by Crippen LogP contribution is 2.29. The molecular formula is C18H20. The van der Waals surface area contributed by atoms with Crippen LogP contribution in [0.15, 0.2) is 54.6 Å². The summed E-state index contributed by atoms with van der Waals surface area (Å²) in [6.45, 7) is 10.7. The summed E-state index contributed by atoms with van der Waals surface area (Å²) >= 11 is 0. The lowest BCUT2D eigenvalue weighted by atomic mass is 9.93. The van der Waals surface area contributed by atoms with Gasteiger partial charge in [-0.15, -0.1) is 0 Å². The van der Waals surface area contributed by atoms with Gasteiger partial charge in [-0.25, -0.2) is 0 Å². The largest absolute Gasteiger partial charge is 0.0911 e. The molecule has 92 valence electrons. The molecule has 0 atom stereocenters. The Morgan fingerprint density at radius 2 is 1.89 bits per heavy atom. The summed E-state index contributed by atoms with van der Waals surface area (Å²) < 4.78 is 0. The first-order chi connectivity index (χ1) is 8.63. The van der Waals surface area contributed by atoms with Crippen LogP contribution in [0.5, 0.6) is 0 Å². The Bertz CT molecular complexity index is 615. The molecule has 0 heterocycles. The van der Waals surface area contributed by atoms with E-state index >= 15 is 0 Å². The van der Waals surface area contributed by atoms with Gasteiger partial charge >= 0.3 is 0 Å². The average molecular weight is 236 g/mol. The first kappa shape index (κ1) is 12.6. The topological polar surface area (TPSA) is 0 Å². The van der Waals surface area contributed by atoms with Crippen LogP contribution in [0, 0.1) is 6.92 Å². The lowest BCUT2D eigenvalue weighted by Crippen LogP contribution is -1.89. The fraction of sp³-hybridized carbons (Fsp3) is 0.222. The van der Waals surface area contributed by atoms with Crippen LogP contribution >= 0.6 is 0 Å². The molecule has 0 N–H and O–H groups in total. The molecule has 18 heavy (non-hydrogen) atoms. The van der Waals surface area contributed by atoms with Crippen LogP contribution in [-0.2, 0) is 0 Å². The van der Waals surface area contributed by atoms with Gasteiger partial charge in [-0.3, -0.25) is 0 Å². The molecule has 0 aliphatic rings. The highest BCUT2D eigenvalue weighted by molar-refractivity contribution is 5.97. The zero-order chi connectivity index (χ0) is 13.1. The molecule has 0 unspecified atom stereocenters. The van der Waals surface area contributed by atoms with E-state index in [2.05, 4.69) is 69.8 Å². The minimum Gasteiger partial charge on any atom is -0.0911 e. The van der Waals surface area contributed by atoms with Crippen LogP contribution in [0.25, 0.3) is 16.3 Å². The smallest absolute Gasteiger partial charge is 0.00821 e. The normalized spacial score (nSPS) is 11.8. The third-order valence-electron chi connectivity index (χ3n) is 3.44. The molecule has 2 aromatic rings. The van der Waals surface area contributed by atoms with Gasteiger partial charge in [-0.05, 0) is 47.7 Å². The third kappa shape index (κ3) is 2.38. The maximum absolute atomic E-state index is 4.25. The van der Waals surface area contributed by atoms with E-state index in [4.69, 9.17) is 0 Å². The molecule has 0 fully saturated rings. The van der Waals surface area contributed by atoms with Crippen molar-refractivity contribution in [3.05, 3.63) is 65.8 Å². The second-order valence-corrected chi connectivity index (χ2v) is 4.85. The first-order valence-electron chi connectivity index (χ1n) is 6.48. The Balaban J connectivity index is 2.63. The van der Waals surface area contributed by atoms with Gasteiger partial charge in [0.05, 0.1) is 0 Å². The summed E-state index contributed by atoms with van der Waals surface area (Å²) in [5.74, 6) is 0. The molecule has 0 heteroatoms. The van der Waals surface area contributed by atoms with Crippen molar-refractivity contribution >= 4 is 16.3 Å². The Morgan fingerprint density at radius 3 is 2.61 bits per heavy atom. The van der Waals surface area contributed by atoms with Crippen molar-refractivity contribution in [2.45, 2.75) is 27.2 Å². The van der Waals surface area contributed by atoms with E-state index < -0.39 is 0 Å². The number of aryl methyl sites for hydroxylation is 1. The van der Waals surface area contributed by atoms with Crippen molar-refractivity contribution in [3.63, 3.8) is 0 Å². The molecule has 2 aromatic carbocycles. The standard InChI is InChI=1S/C18H20/c1-5-13(2)12-15(4)18-14(3)10-11-16-8-6-7-9-17(16)18/h6-12H,4-5H2,1-3H3/b13-12-. The van der Waals surface area contributed by atoms with Gasteiger partial charge in [0, 0.05) is 0 Å². The molecule has 0 aliphatic heterocycles. The highest BCUT2D eigenvalue weighted by Gasteiger charge is 2.06. The van der Waals surface area contributed by atoms with Crippen molar-refractivity contribution in [2.24, 2.45) is 0 Å². The Morgan fingerprint density at radius 1 is 1.17 bits per heavy atom. The Labute approximate surface area is 110 Å². The van der Waals surface area contributed by atoms with Crippen LogP contribution < -0.4 is 0 Å². The SMILES string of the molecule is C=C(/C=C(/C)CC)c1c(C)ccc2ccccc12. The Hall–Kier alpha value is -1.82. The van der Waals surface area contributed by atoms with E-state index in [1.807, 2.05) is 0 Å². The quantitative estimate of drug-likeness (QED) is 0.616. The number of fused-ring (bicyclic) bond motifs is 1. The average Bonchev–Trinajstić information content (AvgIpc) is 2.38. The Kier molecular flexibility index (Phi) is 3.66. The molecule has 0 nitrogen and oxygen atoms in total. The van der Waals surface area contributed by atoms with Crippen molar-refractivity contribution in [1.82, 2.24) is 0 Å². The van der Waals surface area contributed by atoms with Crippen LogP contribution in [0.3, 0.4) is 0 Å². The molecule has 0 amide bonds. The summed E-state index contributed by atoms with van der Waals surface area (Å²) in [4.78, 5) is 0. The van der Waals surface area contributed by atoms with Crippen LogP contribution in [0.4, 0.5) is 0 Å². The maximum atomic E-state index is 4.25. The van der Waals surface area contributed by atoms with Gasteiger partial charge in [0.15, 0.2) is 0 Å². The van der Waals surface area contributed by atoms with E-state index in [0.717, 1.165) is 12.0 Å². The lowest BCUT2D eigenvalue weighted by molar-refractivity contribution is 1.10. The summed E-state index contributed by atoms with van der Waals surface area (Å²) in [6, 6.07) is 12.9. The van der Waals surface area contributed by atoms with E-state index in [1.54, 1.807) is 0 Å². The summed E-state index contributed by atoms with van der Waals surface area (Å²) in [6.07, 6.45) is 3.28. The summed E-state index contributed by atoms with van der Waals surface area (Å²) in [5.41, 5.74) is 5.05. The molecule has 0 aliphatic carbocycles. The second-order valence-electron chi connectivity index (χ2n) is 4.85. The van der Waals surface area contributed by atoms with Gasteiger partial charge in [0.25, 0.3) is 0 Å². The number of hydrogen-bond donors (Lipinski definition) is 0. The zero-order valence-electron chi connectivity index (χ0n) is 11.5. The molecule has 0 aromatic heterocycles. The fourth-order valence-electron chi connectivity index (χ4n) is 2.28. The monoisotopic (exact) mass is 236 g/mol. The fourth-order valence-corrected chi connectivity index (χ4v) is 2.28. The predicted octanol–water partition coefficient (Wildman–Crippen LogP) is 5.52. The summed E-state index contributed by atoms with van der Waals surface area (Å²) in [5, 5.41) is 2.57. The van der Waals surface area contributed by atoms with Gasteiger partial charge in [0.2, 0.25) is 0 Å². The van der Waals surface area contributed by atoms with E-state index in [1.165, 1.54) is 27.5 Å². The summed E-state index contributed by atoms with van der Waals surface area (Å²) in [7, 11) is 0. The number of hydrogen-bond acceptors (Lipinski definition) is 0. The van der Waals surface area contributed by atoms with Crippen molar-refractivity contribution in [3.8, 4) is 0 Å². The van der Waals surface area contributed by atoms with Crippen molar-refractivity contribution < 1.29 is 0 Å². The lowest BCUT2D eigenvalue weighted by Gasteiger charge is -2.11. The van der Waals surface area contributed by atoms with Gasteiger partial charge in [0.1, 0.15) is 0 Å². The third-order valence-corrected chi connectivity index (χ3v) is 3.44. The number of allylic oxidation sites excluding steroid dienone is 3. The maximum Gasteiger partial charge on any atom is -0.00821 e. The zero-order valence-corrected chi connectivity index (χ0v) is 11.5. The van der Waals surface area contributed by atoms with Gasteiger partial charge < -0.3 is 0 Å². The van der Waals surface area contributed by atoms with Crippen LogP contribution in [0.1, 0.15) is 31.4 Å². The predicted molar refractivity (Wildman–Crippen MR) is 81.8 cm³/mol. The van der Waals surface area contributed by atoms with Crippen LogP contribution in [0.2, 0.25) is 0 Å². The van der Waals surface area contributed by atoms with E-state index in [9.17, 15) is 0 Å². The molecule has 0 bridgehead atoms. The highest BCUT2D eigenvalue weighted by atomic mass is 14.1. The minimum atomic E-state index is 1.07. The van der Waals surface area contributed by atoms with Gasteiger partial charge in [-0.1, -0.05) is 61.5 Å². The minimum absolute atomic E-state index is 1.07. The molecule has 2 rings (SSSR count). The van der Waals surface area contributed by atoms with Gasteiger partial charge in [-0.2, -0.15) is 0 Å². The molecular weight excluding hydrogens is 216 g/mol. The number of benzene rings is 2. The second kappa shape index (κ2) is 5.22. The molecule has 0 radical (unpaired) electrons.